The Bertz CT molecular complexity index is 2770. The van der Waals surface area contributed by atoms with Crippen molar-refractivity contribution in [2.24, 2.45) is 0 Å². The molecule has 10 rings (SSSR count). The molecule has 10 aromatic rings. The summed E-state index contributed by atoms with van der Waals surface area (Å²) in [6.45, 7) is 0. The fourth-order valence-electron chi connectivity index (χ4n) is 7.18. The van der Waals surface area contributed by atoms with E-state index in [1.807, 2.05) is 6.07 Å². The standard InChI is InChI=1S/C42H26N2OSe/c1-2-11-27(12-3-1)44-35-16-7-4-13-30(35)34-25-28(22-24-36(34)44)43(29-21-23-32-31-14-6-9-20-40(31)46-41(32)26-29)37-17-10-19-39-42(37)33-15-5-8-18-38(33)45-39/h1-26H. The van der Waals surface area contributed by atoms with E-state index < -0.39 is 0 Å². The van der Waals surface area contributed by atoms with Crippen LogP contribution >= 0.6 is 0 Å². The first kappa shape index (κ1) is 25.8. The molecule has 0 aliphatic carbocycles. The molecule has 0 bridgehead atoms. The molecule has 0 atom stereocenters. The van der Waals surface area contributed by atoms with Crippen LogP contribution in [-0.2, 0) is 0 Å². The van der Waals surface area contributed by atoms with Gasteiger partial charge < -0.3 is 0 Å². The van der Waals surface area contributed by atoms with Crippen molar-refractivity contribution in [1.82, 2.24) is 4.57 Å². The SMILES string of the molecule is c1ccc(-n2c3ccccc3c3cc(N(c4ccc5c(c4)[se]c4ccccc45)c4cccc5oc6ccccc6c45)ccc32)cc1. The van der Waals surface area contributed by atoms with E-state index in [2.05, 4.69) is 161 Å². The molecule has 3 aromatic heterocycles. The van der Waals surface area contributed by atoms with Crippen molar-refractivity contribution in [1.29, 1.82) is 0 Å². The molecule has 216 valence electrons. The van der Waals surface area contributed by atoms with Crippen LogP contribution in [0.15, 0.2) is 162 Å². The van der Waals surface area contributed by atoms with E-state index in [0.717, 1.165) is 44.7 Å². The zero-order valence-electron chi connectivity index (χ0n) is 24.7. The van der Waals surface area contributed by atoms with Crippen LogP contribution in [0.1, 0.15) is 0 Å². The first-order chi connectivity index (χ1) is 22.8. The number of para-hydroxylation sites is 3. The molecule has 4 heteroatoms. The molecule has 0 N–H and O–H groups in total. The molecule has 0 aliphatic rings. The maximum absolute atomic E-state index is 6.38. The van der Waals surface area contributed by atoms with Gasteiger partial charge in [0.05, 0.1) is 0 Å². The monoisotopic (exact) mass is 654 g/mol. The Labute approximate surface area is 270 Å². The van der Waals surface area contributed by atoms with Crippen molar-refractivity contribution < 1.29 is 4.42 Å². The molecule has 0 radical (unpaired) electrons. The summed E-state index contributed by atoms with van der Waals surface area (Å²) in [6, 6.07) is 56.9. The number of furan rings is 1. The van der Waals surface area contributed by atoms with Gasteiger partial charge in [0.2, 0.25) is 0 Å². The topological polar surface area (TPSA) is 21.3 Å². The quantitative estimate of drug-likeness (QED) is 0.176. The van der Waals surface area contributed by atoms with Crippen LogP contribution in [0.4, 0.5) is 17.1 Å². The molecule has 0 aliphatic heterocycles. The molecule has 0 amide bonds. The second-order valence-electron chi connectivity index (χ2n) is 11.8. The Kier molecular flexibility index (Phi) is 5.59. The van der Waals surface area contributed by atoms with Gasteiger partial charge in [0.15, 0.2) is 0 Å². The van der Waals surface area contributed by atoms with Crippen molar-refractivity contribution in [3.05, 3.63) is 158 Å². The number of anilines is 3. The third kappa shape index (κ3) is 3.78. The number of rotatable bonds is 4. The molecular formula is C42H26N2OSe. The van der Waals surface area contributed by atoms with Gasteiger partial charge in [0.25, 0.3) is 0 Å². The summed E-state index contributed by atoms with van der Waals surface area (Å²) in [4.78, 5) is 2.43. The van der Waals surface area contributed by atoms with E-state index in [9.17, 15) is 0 Å². The average molecular weight is 654 g/mol. The summed E-state index contributed by atoms with van der Waals surface area (Å²) >= 11 is 0.259. The number of hydrogen-bond donors (Lipinski definition) is 0. The van der Waals surface area contributed by atoms with Crippen LogP contribution in [0.5, 0.6) is 0 Å². The van der Waals surface area contributed by atoms with Gasteiger partial charge in [-0.15, -0.1) is 0 Å². The fraction of sp³-hybridized carbons (Fsp3) is 0. The van der Waals surface area contributed by atoms with Crippen molar-refractivity contribution >= 4 is 94.6 Å². The molecule has 3 nitrogen and oxygen atoms in total. The van der Waals surface area contributed by atoms with Crippen molar-refractivity contribution in [3.8, 4) is 5.69 Å². The first-order valence-corrected chi connectivity index (χ1v) is 17.2. The predicted octanol–water partition coefficient (Wildman–Crippen LogP) is 11.5. The molecule has 46 heavy (non-hydrogen) atoms. The van der Waals surface area contributed by atoms with Crippen LogP contribution < -0.4 is 4.90 Å². The Morgan fingerprint density at radius 2 is 1.13 bits per heavy atom. The van der Waals surface area contributed by atoms with Crippen LogP contribution in [-0.4, -0.2) is 19.1 Å². The predicted molar refractivity (Wildman–Crippen MR) is 195 cm³/mol. The molecule has 0 fully saturated rings. The first-order valence-electron chi connectivity index (χ1n) is 15.5. The van der Waals surface area contributed by atoms with E-state index in [1.54, 1.807) is 0 Å². The zero-order chi connectivity index (χ0) is 30.2. The van der Waals surface area contributed by atoms with E-state index in [4.69, 9.17) is 4.42 Å². The zero-order valence-corrected chi connectivity index (χ0v) is 26.4. The van der Waals surface area contributed by atoms with Gasteiger partial charge in [-0.25, -0.2) is 0 Å². The van der Waals surface area contributed by atoms with Gasteiger partial charge in [-0.2, -0.15) is 0 Å². The van der Waals surface area contributed by atoms with Crippen LogP contribution in [0.2, 0.25) is 0 Å². The summed E-state index contributed by atoms with van der Waals surface area (Å²) in [5, 5.41) is 7.44. The Balaban J connectivity index is 1.28. The second-order valence-corrected chi connectivity index (χ2v) is 14.0. The minimum atomic E-state index is 0.259. The van der Waals surface area contributed by atoms with Gasteiger partial charge >= 0.3 is 266 Å². The minimum absolute atomic E-state index is 0.259. The van der Waals surface area contributed by atoms with Crippen LogP contribution in [0.3, 0.4) is 0 Å². The number of benzene rings is 7. The number of aromatic nitrogens is 1. The maximum atomic E-state index is 6.38. The molecule has 0 saturated heterocycles. The van der Waals surface area contributed by atoms with Crippen molar-refractivity contribution in [2.45, 2.75) is 0 Å². The van der Waals surface area contributed by atoms with Crippen molar-refractivity contribution in [2.75, 3.05) is 4.90 Å². The van der Waals surface area contributed by atoms with Gasteiger partial charge in [0.1, 0.15) is 0 Å². The van der Waals surface area contributed by atoms with Crippen molar-refractivity contribution in [3.63, 3.8) is 0 Å². The van der Waals surface area contributed by atoms with E-state index in [-0.39, 0.29) is 14.5 Å². The van der Waals surface area contributed by atoms with Gasteiger partial charge in [-0.05, 0) is 0 Å². The number of nitrogens with zero attached hydrogens (tertiary/aromatic N) is 2. The van der Waals surface area contributed by atoms with E-state index in [1.165, 1.54) is 41.1 Å². The van der Waals surface area contributed by atoms with Crippen LogP contribution in [0.25, 0.3) is 68.7 Å². The van der Waals surface area contributed by atoms with Gasteiger partial charge in [-0.3, -0.25) is 0 Å². The molecule has 3 heterocycles. The van der Waals surface area contributed by atoms with E-state index in [0.29, 0.717) is 0 Å². The average Bonchev–Trinajstić information content (AvgIpc) is 3.78. The third-order valence-electron chi connectivity index (χ3n) is 9.17. The van der Waals surface area contributed by atoms with E-state index >= 15 is 0 Å². The molecule has 0 saturated carbocycles. The molecule has 0 unspecified atom stereocenters. The Morgan fingerprint density at radius 1 is 0.457 bits per heavy atom. The summed E-state index contributed by atoms with van der Waals surface area (Å²) < 4.78 is 11.6. The second kappa shape index (κ2) is 9.98. The Morgan fingerprint density at radius 3 is 2.04 bits per heavy atom. The summed E-state index contributed by atoms with van der Waals surface area (Å²) in [7, 11) is 0. The Hall–Kier alpha value is -5.54. The molecule has 7 aromatic carbocycles. The van der Waals surface area contributed by atoms with Gasteiger partial charge in [0, 0.05) is 0 Å². The number of hydrogen-bond acceptors (Lipinski definition) is 2. The van der Waals surface area contributed by atoms with Crippen LogP contribution in [0, 0.1) is 0 Å². The normalized spacial score (nSPS) is 11.9. The molecule has 0 spiro atoms. The summed E-state index contributed by atoms with van der Waals surface area (Å²) in [6.07, 6.45) is 0. The fourth-order valence-corrected chi connectivity index (χ4v) is 9.57. The van der Waals surface area contributed by atoms with Gasteiger partial charge in [-0.1, -0.05) is 6.07 Å². The summed E-state index contributed by atoms with van der Waals surface area (Å²) in [5.74, 6) is 0. The summed E-state index contributed by atoms with van der Waals surface area (Å²) in [5.41, 5.74) is 8.72. The number of fused-ring (bicyclic) bond motifs is 9. The third-order valence-corrected chi connectivity index (χ3v) is 11.5. The molecular weight excluding hydrogens is 627 g/mol.